The zero-order chi connectivity index (χ0) is 15.3. The summed E-state index contributed by atoms with van der Waals surface area (Å²) < 4.78 is 33.1. The maximum absolute atomic E-state index is 12.3. The molecule has 0 atom stereocenters. The third-order valence-electron chi connectivity index (χ3n) is 3.49. The summed E-state index contributed by atoms with van der Waals surface area (Å²) in [4.78, 5) is 0. The Bertz CT molecular complexity index is 539. The highest BCUT2D eigenvalue weighted by Gasteiger charge is 2.27. The first-order valence-electron chi connectivity index (χ1n) is 7.12. The highest BCUT2D eigenvalue weighted by atomic mass is 32.2. The van der Waals surface area contributed by atoms with Gasteiger partial charge in [0, 0.05) is 39.8 Å². The van der Waals surface area contributed by atoms with Crippen LogP contribution in [0.15, 0.2) is 24.3 Å². The molecule has 0 amide bonds. The van der Waals surface area contributed by atoms with Gasteiger partial charge < -0.3 is 10.1 Å². The summed E-state index contributed by atoms with van der Waals surface area (Å²) >= 11 is 0. The summed E-state index contributed by atoms with van der Waals surface area (Å²) in [6.07, 6.45) is 0. The molecule has 0 aromatic heterocycles. The number of likely N-dealkylation sites (N-methyl/N-ethyl adjacent to an activating group) is 1. The molecule has 1 aromatic rings. The SMILES string of the molecule is Cc1ccc(OCCN(C)S(=O)(=O)N2CCNCC2)cc1. The van der Waals surface area contributed by atoms with Crippen molar-refractivity contribution in [3.8, 4) is 5.75 Å². The Morgan fingerprint density at radius 1 is 1.24 bits per heavy atom. The highest BCUT2D eigenvalue weighted by molar-refractivity contribution is 7.86. The van der Waals surface area contributed by atoms with Gasteiger partial charge in [0.15, 0.2) is 0 Å². The van der Waals surface area contributed by atoms with E-state index in [2.05, 4.69) is 5.32 Å². The predicted molar refractivity (Wildman–Crippen MR) is 82.7 cm³/mol. The first-order valence-corrected chi connectivity index (χ1v) is 8.51. The number of benzene rings is 1. The predicted octanol–water partition coefficient (Wildman–Crippen LogP) is 0.456. The van der Waals surface area contributed by atoms with E-state index in [1.165, 1.54) is 14.2 Å². The topological polar surface area (TPSA) is 61.9 Å². The molecule has 21 heavy (non-hydrogen) atoms. The molecular weight excluding hydrogens is 290 g/mol. The van der Waals surface area contributed by atoms with Crippen LogP contribution in [0.4, 0.5) is 0 Å². The first kappa shape index (κ1) is 16.2. The van der Waals surface area contributed by atoms with E-state index in [1.807, 2.05) is 31.2 Å². The molecule has 0 radical (unpaired) electrons. The van der Waals surface area contributed by atoms with Crippen LogP contribution in [0, 0.1) is 6.92 Å². The lowest BCUT2D eigenvalue weighted by Gasteiger charge is -2.30. The molecule has 6 nitrogen and oxygen atoms in total. The monoisotopic (exact) mass is 313 g/mol. The number of nitrogens with one attached hydrogen (secondary N) is 1. The molecule has 2 rings (SSSR count). The molecule has 0 aliphatic carbocycles. The van der Waals surface area contributed by atoms with Crippen molar-refractivity contribution in [1.29, 1.82) is 0 Å². The van der Waals surface area contributed by atoms with E-state index in [9.17, 15) is 8.42 Å². The van der Waals surface area contributed by atoms with Crippen LogP contribution >= 0.6 is 0 Å². The highest BCUT2D eigenvalue weighted by Crippen LogP contribution is 2.12. The summed E-state index contributed by atoms with van der Waals surface area (Å²) in [5.74, 6) is 0.758. The van der Waals surface area contributed by atoms with Crippen LogP contribution in [0.3, 0.4) is 0 Å². The Morgan fingerprint density at radius 2 is 1.86 bits per heavy atom. The fourth-order valence-corrected chi connectivity index (χ4v) is 3.46. The van der Waals surface area contributed by atoms with E-state index in [0.29, 0.717) is 39.3 Å². The van der Waals surface area contributed by atoms with Crippen molar-refractivity contribution >= 4 is 10.2 Å². The van der Waals surface area contributed by atoms with Crippen LogP contribution in [-0.2, 0) is 10.2 Å². The maximum atomic E-state index is 12.3. The summed E-state index contributed by atoms with van der Waals surface area (Å²) in [5.41, 5.74) is 1.17. The summed E-state index contributed by atoms with van der Waals surface area (Å²) in [7, 11) is -1.78. The van der Waals surface area contributed by atoms with Crippen LogP contribution in [0.5, 0.6) is 5.75 Å². The van der Waals surface area contributed by atoms with Gasteiger partial charge in [-0.3, -0.25) is 0 Å². The van der Waals surface area contributed by atoms with Crippen LogP contribution in [0.25, 0.3) is 0 Å². The Kier molecular flexibility index (Phi) is 5.58. The number of piperazine rings is 1. The fourth-order valence-electron chi connectivity index (χ4n) is 2.11. The maximum Gasteiger partial charge on any atom is 0.281 e. The third kappa shape index (κ3) is 4.41. The van der Waals surface area contributed by atoms with Gasteiger partial charge in [0.25, 0.3) is 10.2 Å². The number of rotatable bonds is 6. The number of hydrogen-bond acceptors (Lipinski definition) is 4. The number of nitrogens with zero attached hydrogens (tertiary/aromatic N) is 2. The molecule has 1 aromatic carbocycles. The molecule has 118 valence electrons. The van der Waals surface area contributed by atoms with Crippen LogP contribution in [0.2, 0.25) is 0 Å². The van der Waals surface area contributed by atoms with Crippen molar-refractivity contribution in [2.45, 2.75) is 6.92 Å². The van der Waals surface area contributed by atoms with Crippen LogP contribution in [0.1, 0.15) is 5.56 Å². The smallest absolute Gasteiger partial charge is 0.281 e. The molecule has 1 aliphatic heterocycles. The first-order chi connectivity index (χ1) is 10.00. The van der Waals surface area contributed by atoms with Crippen LogP contribution in [-0.4, -0.2) is 63.4 Å². The summed E-state index contributed by atoms with van der Waals surface area (Å²) in [6, 6.07) is 7.72. The molecule has 0 spiro atoms. The second-order valence-corrected chi connectivity index (χ2v) is 7.18. The average Bonchev–Trinajstić information content (AvgIpc) is 2.50. The molecular formula is C14H23N3O3S. The lowest BCUT2D eigenvalue weighted by molar-refractivity contribution is 0.271. The van der Waals surface area contributed by atoms with E-state index >= 15 is 0 Å². The number of hydrogen-bond donors (Lipinski definition) is 1. The van der Waals surface area contributed by atoms with Crippen molar-refractivity contribution in [3.05, 3.63) is 29.8 Å². The summed E-state index contributed by atoms with van der Waals surface area (Å²) in [5, 5.41) is 3.15. The molecule has 7 heteroatoms. The molecule has 1 saturated heterocycles. The summed E-state index contributed by atoms with van der Waals surface area (Å²) in [6.45, 7) is 5.12. The van der Waals surface area contributed by atoms with Gasteiger partial charge in [-0.15, -0.1) is 0 Å². The van der Waals surface area contributed by atoms with Gasteiger partial charge in [-0.2, -0.15) is 17.0 Å². The molecule has 1 fully saturated rings. The van der Waals surface area contributed by atoms with E-state index in [1.54, 1.807) is 7.05 Å². The van der Waals surface area contributed by atoms with E-state index in [-0.39, 0.29) is 0 Å². The van der Waals surface area contributed by atoms with Crippen molar-refractivity contribution in [3.63, 3.8) is 0 Å². The fraction of sp³-hybridized carbons (Fsp3) is 0.571. The molecule has 0 bridgehead atoms. The third-order valence-corrected chi connectivity index (χ3v) is 5.48. The van der Waals surface area contributed by atoms with Crippen molar-refractivity contribution in [1.82, 2.24) is 13.9 Å². The minimum atomic E-state index is -3.38. The standard InChI is InChI=1S/C14H23N3O3S/c1-13-3-5-14(6-4-13)20-12-11-16(2)21(18,19)17-9-7-15-8-10-17/h3-6,15H,7-12H2,1-2H3. The zero-order valence-corrected chi connectivity index (χ0v) is 13.4. The van der Waals surface area contributed by atoms with Gasteiger partial charge in [-0.05, 0) is 19.1 Å². The quantitative estimate of drug-likeness (QED) is 0.829. The molecule has 0 saturated carbocycles. The minimum absolute atomic E-state index is 0.333. The molecule has 0 unspecified atom stereocenters. The number of ether oxygens (including phenoxy) is 1. The van der Waals surface area contributed by atoms with Gasteiger partial charge in [0.05, 0.1) is 0 Å². The second-order valence-electron chi connectivity index (χ2n) is 5.14. The minimum Gasteiger partial charge on any atom is -0.492 e. The van der Waals surface area contributed by atoms with Gasteiger partial charge >= 0.3 is 0 Å². The average molecular weight is 313 g/mol. The van der Waals surface area contributed by atoms with Gasteiger partial charge in [0.2, 0.25) is 0 Å². The molecule has 1 aliphatic rings. The lowest BCUT2D eigenvalue weighted by Crippen LogP contribution is -2.51. The Balaban J connectivity index is 1.83. The molecule has 1 heterocycles. The Morgan fingerprint density at radius 3 is 2.48 bits per heavy atom. The van der Waals surface area contributed by atoms with Gasteiger partial charge in [-0.25, -0.2) is 0 Å². The normalized spacial score (nSPS) is 17.1. The zero-order valence-electron chi connectivity index (χ0n) is 12.6. The van der Waals surface area contributed by atoms with Crippen LogP contribution < -0.4 is 10.1 Å². The van der Waals surface area contributed by atoms with E-state index in [4.69, 9.17) is 4.74 Å². The second kappa shape index (κ2) is 7.22. The Labute approximate surface area is 126 Å². The molecule has 1 N–H and O–H groups in total. The van der Waals surface area contributed by atoms with Crippen molar-refractivity contribution in [2.75, 3.05) is 46.4 Å². The van der Waals surface area contributed by atoms with Crippen molar-refractivity contribution in [2.24, 2.45) is 0 Å². The largest absolute Gasteiger partial charge is 0.492 e. The lowest BCUT2D eigenvalue weighted by atomic mass is 10.2. The van der Waals surface area contributed by atoms with Crippen molar-refractivity contribution < 1.29 is 13.2 Å². The van der Waals surface area contributed by atoms with Gasteiger partial charge in [0.1, 0.15) is 12.4 Å². The van der Waals surface area contributed by atoms with E-state index in [0.717, 1.165) is 5.75 Å². The number of aryl methyl sites for hydroxylation is 1. The van der Waals surface area contributed by atoms with Gasteiger partial charge in [-0.1, -0.05) is 17.7 Å². The van der Waals surface area contributed by atoms with E-state index < -0.39 is 10.2 Å². The Hall–Kier alpha value is -1.15.